The van der Waals surface area contributed by atoms with E-state index in [1.807, 2.05) is 4.90 Å². The van der Waals surface area contributed by atoms with Crippen LogP contribution in [-0.2, 0) is 4.79 Å². The number of nitrogens with two attached hydrogens (primary N) is 1. The predicted molar refractivity (Wildman–Crippen MR) is 62.3 cm³/mol. The molecule has 3 atom stereocenters. The Morgan fingerprint density at radius 2 is 2.07 bits per heavy atom. The van der Waals surface area contributed by atoms with Crippen molar-refractivity contribution in [2.75, 3.05) is 13.1 Å². The van der Waals surface area contributed by atoms with E-state index in [0.29, 0.717) is 24.4 Å². The highest BCUT2D eigenvalue weighted by Gasteiger charge is 2.34. The first-order chi connectivity index (χ1) is 6.97. The Kier molecular flexibility index (Phi) is 4.14. The summed E-state index contributed by atoms with van der Waals surface area (Å²) < 4.78 is 0. The Balaban J connectivity index is 2.67. The molecule has 15 heavy (non-hydrogen) atoms. The second-order valence-corrected chi connectivity index (χ2v) is 5.27. The molecule has 1 saturated heterocycles. The minimum atomic E-state index is -0.00208. The molecule has 3 heteroatoms. The van der Waals surface area contributed by atoms with Gasteiger partial charge in [-0.2, -0.15) is 0 Å². The third-order valence-corrected chi connectivity index (χ3v) is 3.44. The molecule has 0 aromatic carbocycles. The minimum Gasteiger partial charge on any atom is -0.339 e. The fraction of sp³-hybridized carbons (Fsp3) is 0.917. The molecule has 1 aliphatic rings. The van der Waals surface area contributed by atoms with Gasteiger partial charge in [-0.15, -0.1) is 0 Å². The van der Waals surface area contributed by atoms with Crippen molar-refractivity contribution in [3.05, 3.63) is 0 Å². The average Bonchev–Trinajstić information content (AvgIpc) is 2.45. The predicted octanol–water partition coefficient (Wildman–Crippen LogP) is 1.47. The largest absolute Gasteiger partial charge is 0.339 e. The summed E-state index contributed by atoms with van der Waals surface area (Å²) in [6.45, 7) is 9.85. The summed E-state index contributed by atoms with van der Waals surface area (Å²) >= 11 is 0. The zero-order valence-electron chi connectivity index (χ0n) is 10.4. The van der Waals surface area contributed by atoms with Gasteiger partial charge in [-0.25, -0.2) is 0 Å². The second-order valence-electron chi connectivity index (χ2n) is 5.27. The van der Waals surface area contributed by atoms with Crippen LogP contribution in [0.15, 0.2) is 0 Å². The number of amides is 1. The Morgan fingerprint density at radius 1 is 1.47 bits per heavy atom. The summed E-state index contributed by atoms with van der Waals surface area (Å²) in [4.78, 5) is 14.2. The molecule has 0 spiro atoms. The second kappa shape index (κ2) is 4.97. The van der Waals surface area contributed by atoms with Crippen molar-refractivity contribution in [2.24, 2.45) is 23.5 Å². The quantitative estimate of drug-likeness (QED) is 0.770. The lowest BCUT2D eigenvalue weighted by atomic mass is 9.94. The van der Waals surface area contributed by atoms with Crippen LogP contribution in [0.3, 0.4) is 0 Å². The van der Waals surface area contributed by atoms with Crippen LogP contribution < -0.4 is 5.73 Å². The van der Waals surface area contributed by atoms with Gasteiger partial charge in [-0.3, -0.25) is 4.79 Å². The number of rotatable bonds is 3. The maximum absolute atomic E-state index is 12.2. The van der Waals surface area contributed by atoms with Crippen molar-refractivity contribution in [3.8, 4) is 0 Å². The van der Waals surface area contributed by atoms with E-state index in [4.69, 9.17) is 5.73 Å². The first-order valence-electron chi connectivity index (χ1n) is 5.97. The van der Waals surface area contributed by atoms with Crippen LogP contribution in [0.25, 0.3) is 0 Å². The van der Waals surface area contributed by atoms with Gasteiger partial charge in [0.2, 0.25) is 5.91 Å². The van der Waals surface area contributed by atoms with E-state index in [2.05, 4.69) is 27.7 Å². The number of likely N-dealkylation sites (tertiary alicyclic amines) is 1. The standard InChI is InChI=1S/C12H24N2O/c1-8(2)11(6-13)12(15)14-7-9(3)5-10(14)4/h8-11H,5-7,13H2,1-4H3. The summed E-state index contributed by atoms with van der Waals surface area (Å²) in [5.74, 6) is 1.22. The number of carbonyl (C=O) groups excluding carboxylic acids is 1. The molecular formula is C12H24N2O. The lowest BCUT2D eigenvalue weighted by molar-refractivity contribution is -0.137. The van der Waals surface area contributed by atoms with Crippen molar-refractivity contribution >= 4 is 5.91 Å². The van der Waals surface area contributed by atoms with Crippen LogP contribution in [0.2, 0.25) is 0 Å². The molecule has 2 N–H and O–H groups in total. The van der Waals surface area contributed by atoms with Gasteiger partial charge in [0.15, 0.2) is 0 Å². The molecule has 1 fully saturated rings. The zero-order valence-corrected chi connectivity index (χ0v) is 10.4. The van der Waals surface area contributed by atoms with Gasteiger partial charge in [0.1, 0.15) is 0 Å². The number of carbonyl (C=O) groups is 1. The third kappa shape index (κ3) is 2.71. The maximum Gasteiger partial charge on any atom is 0.227 e. The molecule has 1 aliphatic heterocycles. The van der Waals surface area contributed by atoms with Crippen molar-refractivity contribution in [3.63, 3.8) is 0 Å². The molecule has 0 bridgehead atoms. The topological polar surface area (TPSA) is 46.3 Å². The number of nitrogens with zero attached hydrogens (tertiary/aromatic N) is 1. The molecule has 0 aliphatic carbocycles. The zero-order chi connectivity index (χ0) is 11.6. The van der Waals surface area contributed by atoms with E-state index in [0.717, 1.165) is 13.0 Å². The van der Waals surface area contributed by atoms with E-state index < -0.39 is 0 Å². The van der Waals surface area contributed by atoms with Crippen molar-refractivity contribution in [2.45, 2.75) is 40.2 Å². The Bertz CT molecular complexity index is 228. The normalized spacial score (nSPS) is 28.5. The lowest BCUT2D eigenvalue weighted by Crippen LogP contribution is -2.43. The lowest BCUT2D eigenvalue weighted by Gasteiger charge is -2.28. The van der Waals surface area contributed by atoms with Crippen LogP contribution in [0, 0.1) is 17.8 Å². The first kappa shape index (κ1) is 12.5. The van der Waals surface area contributed by atoms with Crippen LogP contribution in [0.4, 0.5) is 0 Å². The van der Waals surface area contributed by atoms with E-state index >= 15 is 0 Å². The molecule has 0 aromatic heterocycles. The van der Waals surface area contributed by atoms with Crippen molar-refractivity contribution in [1.29, 1.82) is 0 Å². The van der Waals surface area contributed by atoms with E-state index in [1.54, 1.807) is 0 Å². The highest BCUT2D eigenvalue weighted by atomic mass is 16.2. The molecular weight excluding hydrogens is 188 g/mol. The highest BCUT2D eigenvalue weighted by molar-refractivity contribution is 5.80. The molecule has 1 amide bonds. The fourth-order valence-corrected chi connectivity index (χ4v) is 2.48. The molecule has 3 nitrogen and oxygen atoms in total. The van der Waals surface area contributed by atoms with Crippen LogP contribution >= 0.6 is 0 Å². The Morgan fingerprint density at radius 3 is 2.40 bits per heavy atom. The smallest absolute Gasteiger partial charge is 0.227 e. The number of hydrogen-bond donors (Lipinski definition) is 1. The van der Waals surface area contributed by atoms with Crippen molar-refractivity contribution < 1.29 is 4.79 Å². The van der Waals surface area contributed by atoms with E-state index in [1.165, 1.54) is 0 Å². The SMILES string of the molecule is CC1CC(C)N(C(=O)C(CN)C(C)C)C1. The van der Waals surface area contributed by atoms with Gasteiger partial charge in [-0.05, 0) is 25.2 Å². The summed E-state index contributed by atoms with van der Waals surface area (Å²) in [5.41, 5.74) is 5.67. The molecule has 88 valence electrons. The van der Waals surface area contributed by atoms with Gasteiger partial charge in [0.25, 0.3) is 0 Å². The van der Waals surface area contributed by atoms with Gasteiger partial charge < -0.3 is 10.6 Å². The monoisotopic (exact) mass is 212 g/mol. The third-order valence-electron chi connectivity index (χ3n) is 3.44. The number of hydrogen-bond acceptors (Lipinski definition) is 2. The highest BCUT2D eigenvalue weighted by Crippen LogP contribution is 2.25. The minimum absolute atomic E-state index is 0.00208. The molecule has 0 radical (unpaired) electrons. The van der Waals surface area contributed by atoms with Crippen LogP contribution in [-0.4, -0.2) is 29.9 Å². The molecule has 0 saturated carbocycles. The summed E-state index contributed by atoms with van der Waals surface area (Å²) in [5, 5.41) is 0. The average molecular weight is 212 g/mol. The summed E-state index contributed by atoms with van der Waals surface area (Å²) in [7, 11) is 0. The van der Waals surface area contributed by atoms with Gasteiger partial charge >= 0.3 is 0 Å². The maximum atomic E-state index is 12.2. The molecule has 1 heterocycles. The van der Waals surface area contributed by atoms with Crippen molar-refractivity contribution in [1.82, 2.24) is 4.90 Å². The van der Waals surface area contributed by atoms with Gasteiger partial charge in [0.05, 0.1) is 5.92 Å². The molecule has 3 unspecified atom stereocenters. The van der Waals surface area contributed by atoms with Crippen LogP contribution in [0.1, 0.15) is 34.1 Å². The first-order valence-corrected chi connectivity index (χ1v) is 5.97. The summed E-state index contributed by atoms with van der Waals surface area (Å²) in [6, 6.07) is 0.389. The Hall–Kier alpha value is -0.570. The van der Waals surface area contributed by atoms with Crippen LogP contribution in [0.5, 0.6) is 0 Å². The molecule has 0 aromatic rings. The van der Waals surface area contributed by atoms with Gasteiger partial charge in [0, 0.05) is 19.1 Å². The van der Waals surface area contributed by atoms with E-state index in [-0.39, 0.29) is 11.8 Å². The Labute approximate surface area is 93.0 Å². The fourth-order valence-electron chi connectivity index (χ4n) is 2.48. The van der Waals surface area contributed by atoms with E-state index in [9.17, 15) is 4.79 Å². The summed E-state index contributed by atoms with van der Waals surface area (Å²) in [6.07, 6.45) is 1.13. The molecule has 1 rings (SSSR count). The van der Waals surface area contributed by atoms with Gasteiger partial charge in [-0.1, -0.05) is 20.8 Å².